The molecule has 106 valence electrons. The Hall–Kier alpha value is -2.35. The van der Waals surface area contributed by atoms with Crippen LogP contribution >= 0.6 is 0 Å². The zero-order valence-corrected chi connectivity index (χ0v) is 11.6. The number of rotatable bonds is 5. The van der Waals surface area contributed by atoms with E-state index < -0.39 is 4.92 Å². The van der Waals surface area contributed by atoms with E-state index in [2.05, 4.69) is 20.8 Å². The van der Waals surface area contributed by atoms with Crippen LogP contribution in [0.15, 0.2) is 18.2 Å². The van der Waals surface area contributed by atoms with Gasteiger partial charge in [0.05, 0.1) is 16.7 Å². The van der Waals surface area contributed by atoms with Crippen LogP contribution in [0.1, 0.15) is 31.3 Å². The molecule has 0 saturated carbocycles. The van der Waals surface area contributed by atoms with Crippen molar-refractivity contribution in [2.45, 2.75) is 26.8 Å². The number of aromatic nitrogens is 4. The molecule has 2 rings (SSSR count). The van der Waals surface area contributed by atoms with E-state index in [0.29, 0.717) is 17.1 Å². The predicted molar refractivity (Wildman–Crippen MR) is 72.6 cm³/mol. The summed E-state index contributed by atoms with van der Waals surface area (Å²) in [5.74, 6) is 0.667. The van der Waals surface area contributed by atoms with Crippen molar-refractivity contribution in [2.24, 2.45) is 0 Å². The molecule has 8 heteroatoms. The van der Waals surface area contributed by atoms with Gasteiger partial charge in [-0.05, 0) is 43.0 Å². The summed E-state index contributed by atoms with van der Waals surface area (Å²) in [6.07, 6.45) is 0. The number of nitro groups is 1. The fourth-order valence-electron chi connectivity index (χ4n) is 2.02. The predicted octanol–water partition coefficient (Wildman–Crippen LogP) is 1.55. The molecule has 20 heavy (non-hydrogen) atoms. The van der Waals surface area contributed by atoms with Gasteiger partial charge in [-0.15, -0.1) is 5.10 Å². The molecular weight excluding hydrogens is 260 g/mol. The molecule has 1 aromatic carbocycles. The molecule has 0 radical (unpaired) electrons. The number of aryl methyl sites for hydroxylation is 1. The first kappa shape index (κ1) is 14.1. The minimum atomic E-state index is -0.402. The van der Waals surface area contributed by atoms with Crippen molar-refractivity contribution in [3.8, 4) is 5.69 Å². The molecule has 0 amide bonds. The number of benzene rings is 1. The monoisotopic (exact) mass is 276 g/mol. The van der Waals surface area contributed by atoms with E-state index in [4.69, 9.17) is 0 Å². The molecule has 0 aliphatic carbocycles. The molecule has 0 saturated heterocycles. The Balaban J connectivity index is 2.40. The summed E-state index contributed by atoms with van der Waals surface area (Å²) in [4.78, 5) is 10.4. The van der Waals surface area contributed by atoms with Crippen molar-refractivity contribution in [1.82, 2.24) is 25.5 Å². The summed E-state index contributed by atoms with van der Waals surface area (Å²) < 4.78 is 1.59. The van der Waals surface area contributed by atoms with E-state index in [1.54, 1.807) is 23.7 Å². The van der Waals surface area contributed by atoms with Gasteiger partial charge in [-0.25, -0.2) is 0 Å². The maximum Gasteiger partial charge on any atom is 0.272 e. The van der Waals surface area contributed by atoms with Crippen molar-refractivity contribution < 1.29 is 4.92 Å². The summed E-state index contributed by atoms with van der Waals surface area (Å²) >= 11 is 0. The second-order valence-electron chi connectivity index (χ2n) is 4.46. The number of hydrogen-bond acceptors (Lipinski definition) is 6. The quantitative estimate of drug-likeness (QED) is 0.657. The molecule has 1 heterocycles. The lowest BCUT2D eigenvalue weighted by atomic mass is 10.2. The maximum atomic E-state index is 10.8. The zero-order valence-electron chi connectivity index (χ0n) is 11.6. The van der Waals surface area contributed by atoms with Crippen LogP contribution in [-0.2, 0) is 0 Å². The van der Waals surface area contributed by atoms with Gasteiger partial charge in [0.25, 0.3) is 5.69 Å². The van der Waals surface area contributed by atoms with Crippen molar-refractivity contribution in [3.05, 3.63) is 39.7 Å². The highest BCUT2D eigenvalue weighted by Crippen LogP contribution is 2.22. The SMILES string of the molecule is CCNC(C)c1nnnn1-c1ccc([N+](=O)[O-])c(C)c1. The fourth-order valence-corrected chi connectivity index (χ4v) is 2.02. The Labute approximate surface area is 115 Å². The summed E-state index contributed by atoms with van der Waals surface area (Å²) in [6, 6.07) is 4.81. The van der Waals surface area contributed by atoms with Gasteiger partial charge >= 0.3 is 0 Å². The number of hydrogen-bond donors (Lipinski definition) is 1. The Bertz CT molecular complexity index is 624. The van der Waals surface area contributed by atoms with Gasteiger partial charge in [-0.3, -0.25) is 10.1 Å². The van der Waals surface area contributed by atoms with Gasteiger partial charge in [-0.1, -0.05) is 6.92 Å². The molecule has 0 bridgehead atoms. The summed E-state index contributed by atoms with van der Waals surface area (Å²) in [7, 11) is 0. The molecule has 0 fully saturated rings. The van der Waals surface area contributed by atoms with Gasteiger partial charge in [0.2, 0.25) is 0 Å². The highest BCUT2D eigenvalue weighted by Gasteiger charge is 2.17. The van der Waals surface area contributed by atoms with Crippen molar-refractivity contribution >= 4 is 5.69 Å². The highest BCUT2D eigenvalue weighted by atomic mass is 16.6. The van der Waals surface area contributed by atoms with Gasteiger partial charge in [-0.2, -0.15) is 4.68 Å². The third kappa shape index (κ3) is 2.64. The molecule has 2 aromatic rings. The van der Waals surface area contributed by atoms with E-state index in [9.17, 15) is 10.1 Å². The third-order valence-electron chi connectivity index (χ3n) is 3.01. The third-order valence-corrected chi connectivity index (χ3v) is 3.01. The lowest BCUT2D eigenvalue weighted by Gasteiger charge is -2.12. The molecule has 0 spiro atoms. The van der Waals surface area contributed by atoms with Crippen molar-refractivity contribution in [1.29, 1.82) is 0 Å². The molecule has 1 atom stereocenters. The van der Waals surface area contributed by atoms with Gasteiger partial charge in [0, 0.05) is 11.6 Å². The Morgan fingerprint density at radius 1 is 1.50 bits per heavy atom. The average Bonchev–Trinajstić information content (AvgIpc) is 2.87. The summed E-state index contributed by atoms with van der Waals surface area (Å²) in [5.41, 5.74) is 1.37. The van der Waals surface area contributed by atoms with Crippen LogP contribution in [0.2, 0.25) is 0 Å². The van der Waals surface area contributed by atoms with Crippen LogP contribution in [0.25, 0.3) is 5.69 Å². The molecule has 1 aromatic heterocycles. The van der Waals surface area contributed by atoms with Crippen LogP contribution in [0.4, 0.5) is 5.69 Å². The van der Waals surface area contributed by atoms with Gasteiger partial charge < -0.3 is 5.32 Å². The first-order valence-electron chi connectivity index (χ1n) is 6.31. The summed E-state index contributed by atoms with van der Waals surface area (Å²) in [5, 5.41) is 25.7. The highest BCUT2D eigenvalue weighted by molar-refractivity contribution is 5.47. The van der Waals surface area contributed by atoms with E-state index in [-0.39, 0.29) is 11.7 Å². The molecule has 8 nitrogen and oxygen atoms in total. The number of nitrogens with zero attached hydrogens (tertiary/aromatic N) is 5. The molecular formula is C12H16N6O2. The summed E-state index contributed by atoms with van der Waals surface area (Å²) in [6.45, 7) is 6.46. The smallest absolute Gasteiger partial charge is 0.272 e. The van der Waals surface area contributed by atoms with Crippen LogP contribution in [0.3, 0.4) is 0 Å². The standard InChI is InChI=1S/C12H16N6O2/c1-4-13-9(3)12-14-15-16-17(12)10-5-6-11(18(19)20)8(2)7-10/h5-7,9,13H,4H2,1-3H3. The van der Waals surface area contributed by atoms with Gasteiger partial charge in [0.15, 0.2) is 5.82 Å². The van der Waals surface area contributed by atoms with Gasteiger partial charge in [0.1, 0.15) is 0 Å². The van der Waals surface area contributed by atoms with E-state index in [1.807, 2.05) is 13.8 Å². The molecule has 1 N–H and O–H groups in total. The first-order valence-corrected chi connectivity index (χ1v) is 6.31. The van der Waals surface area contributed by atoms with E-state index in [1.165, 1.54) is 6.07 Å². The van der Waals surface area contributed by atoms with E-state index >= 15 is 0 Å². The fraction of sp³-hybridized carbons (Fsp3) is 0.417. The largest absolute Gasteiger partial charge is 0.308 e. The van der Waals surface area contributed by atoms with Crippen LogP contribution < -0.4 is 5.32 Å². The topological polar surface area (TPSA) is 98.8 Å². The second kappa shape index (κ2) is 5.74. The van der Waals surface area contributed by atoms with Crippen LogP contribution in [0, 0.1) is 17.0 Å². The van der Waals surface area contributed by atoms with Crippen molar-refractivity contribution in [2.75, 3.05) is 6.54 Å². The number of nitrogens with one attached hydrogen (secondary N) is 1. The van der Waals surface area contributed by atoms with Crippen LogP contribution in [0.5, 0.6) is 0 Å². The minimum absolute atomic E-state index is 0.00880. The van der Waals surface area contributed by atoms with E-state index in [0.717, 1.165) is 6.54 Å². The Morgan fingerprint density at radius 3 is 2.85 bits per heavy atom. The molecule has 0 aliphatic heterocycles. The first-order chi connectivity index (χ1) is 9.54. The molecule has 0 aliphatic rings. The lowest BCUT2D eigenvalue weighted by Crippen LogP contribution is -2.21. The Kier molecular flexibility index (Phi) is 4.04. The second-order valence-corrected chi connectivity index (χ2v) is 4.46. The number of tetrazole rings is 1. The average molecular weight is 276 g/mol. The number of nitro benzene ring substituents is 1. The van der Waals surface area contributed by atoms with Crippen molar-refractivity contribution in [3.63, 3.8) is 0 Å². The lowest BCUT2D eigenvalue weighted by molar-refractivity contribution is -0.385. The zero-order chi connectivity index (χ0) is 14.7. The molecule has 1 unspecified atom stereocenters. The normalized spacial score (nSPS) is 12.3. The maximum absolute atomic E-state index is 10.8. The van der Waals surface area contributed by atoms with Crippen LogP contribution in [-0.4, -0.2) is 31.7 Å². The minimum Gasteiger partial charge on any atom is -0.308 e. The Morgan fingerprint density at radius 2 is 2.25 bits per heavy atom.